The van der Waals surface area contributed by atoms with Crippen LogP contribution in [0.25, 0.3) is 0 Å². The molecule has 0 aliphatic carbocycles. The molecule has 0 radical (unpaired) electrons. The first-order chi connectivity index (χ1) is 14.8. The van der Waals surface area contributed by atoms with Crippen LogP contribution in [0.1, 0.15) is 32.8 Å². The van der Waals surface area contributed by atoms with Crippen molar-refractivity contribution < 1.29 is 18.7 Å². The molecule has 0 bridgehead atoms. The quantitative estimate of drug-likeness (QED) is 0.336. The van der Waals surface area contributed by atoms with E-state index in [-0.39, 0.29) is 5.75 Å². The first-order valence-electron chi connectivity index (χ1n) is 10.0. The number of aliphatic imine (C=N–C) groups is 1. The third-order valence-electron chi connectivity index (χ3n) is 3.86. The molecule has 1 heterocycles. The van der Waals surface area contributed by atoms with Gasteiger partial charge in [0.25, 0.3) is 0 Å². The van der Waals surface area contributed by atoms with Gasteiger partial charge in [-0.3, -0.25) is 9.98 Å². The number of rotatable bonds is 8. The molecule has 1 aromatic heterocycles. The number of benzene rings is 1. The first-order valence-corrected chi connectivity index (χ1v) is 10.0. The first kappa shape index (κ1) is 23.9. The van der Waals surface area contributed by atoms with Crippen molar-refractivity contribution >= 4 is 12.1 Å². The molecular weight excluding hydrogens is 401 g/mol. The summed E-state index contributed by atoms with van der Waals surface area (Å²) in [4.78, 5) is 19.7. The van der Waals surface area contributed by atoms with E-state index in [2.05, 4.69) is 25.9 Å². The van der Waals surface area contributed by atoms with E-state index in [4.69, 9.17) is 9.47 Å². The monoisotopic (exact) mass is 431 g/mol. The Balaban J connectivity index is 1.72. The number of carbonyl (C=O) groups excluding carboxylic acids is 1. The van der Waals surface area contributed by atoms with Crippen molar-refractivity contribution in [2.24, 2.45) is 4.99 Å². The Hall–Kier alpha value is -3.36. The maximum Gasteiger partial charge on any atom is 0.407 e. The third kappa shape index (κ3) is 9.33. The highest BCUT2D eigenvalue weighted by Gasteiger charge is 2.15. The molecule has 1 amide bonds. The van der Waals surface area contributed by atoms with Crippen LogP contribution in [0.4, 0.5) is 9.18 Å². The number of guanidine groups is 1. The van der Waals surface area contributed by atoms with Crippen molar-refractivity contribution in [3.8, 4) is 11.5 Å². The van der Waals surface area contributed by atoms with Gasteiger partial charge in [-0.2, -0.15) is 0 Å². The normalized spacial score (nSPS) is 11.6. The van der Waals surface area contributed by atoms with Crippen LogP contribution in [-0.2, 0) is 11.3 Å². The molecule has 0 saturated carbocycles. The highest BCUT2D eigenvalue weighted by molar-refractivity contribution is 5.79. The van der Waals surface area contributed by atoms with Crippen LogP contribution in [0.15, 0.2) is 47.7 Å². The number of ether oxygens (including phenoxy) is 2. The zero-order valence-electron chi connectivity index (χ0n) is 18.4. The van der Waals surface area contributed by atoms with Crippen molar-refractivity contribution in [3.05, 3.63) is 54.1 Å². The summed E-state index contributed by atoms with van der Waals surface area (Å²) >= 11 is 0. The van der Waals surface area contributed by atoms with Crippen molar-refractivity contribution in [2.75, 3.05) is 20.1 Å². The zero-order valence-corrected chi connectivity index (χ0v) is 18.4. The summed E-state index contributed by atoms with van der Waals surface area (Å²) in [5, 5.41) is 8.96. The molecule has 168 valence electrons. The average molecular weight is 432 g/mol. The molecule has 0 spiro atoms. The number of nitrogens with one attached hydrogen (secondary N) is 3. The van der Waals surface area contributed by atoms with Gasteiger partial charge in [0, 0.05) is 32.9 Å². The largest absolute Gasteiger partial charge is 0.453 e. The Kier molecular flexibility index (Phi) is 9.05. The predicted molar refractivity (Wildman–Crippen MR) is 118 cm³/mol. The molecule has 0 aliphatic rings. The van der Waals surface area contributed by atoms with Gasteiger partial charge in [-0.1, -0.05) is 6.07 Å². The topological polar surface area (TPSA) is 96.9 Å². The van der Waals surface area contributed by atoms with Crippen LogP contribution >= 0.6 is 0 Å². The van der Waals surface area contributed by atoms with Gasteiger partial charge in [0.05, 0.1) is 6.20 Å². The molecule has 0 fully saturated rings. The fraction of sp³-hybridized carbons (Fsp3) is 0.409. The molecule has 2 aromatic rings. The average Bonchev–Trinajstić information content (AvgIpc) is 2.71. The lowest BCUT2D eigenvalue weighted by Crippen LogP contribution is -2.39. The molecule has 3 N–H and O–H groups in total. The van der Waals surface area contributed by atoms with E-state index < -0.39 is 17.5 Å². The minimum atomic E-state index is -0.517. The molecule has 0 aliphatic heterocycles. The van der Waals surface area contributed by atoms with E-state index in [9.17, 15) is 9.18 Å². The fourth-order valence-electron chi connectivity index (χ4n) is 2.48. The van der Waals surface area contributed by atoms with E-state index in [1.165, 1.54) is 12.3 Å². The Bertz CT molecular complexity index is 869. The summed E-state index contributed by atoms with van der Waals surface area (Å²) in [6, 6.07) is 8.20. The van der Waals surface area contributed by atoms with Gasteiger partial charge in [0.2, 0.25) is 0 Å². The molecule has 2 rings (SSSR count). The lowest BCUT2D eigenvalue weighted by atomic mass is 10.2. The van der Waals surface area contributed by atoms with Crippen molar-refractivity contribution in [3.63, 3.8) is 0 Å². The Morgan fingerprint density at radius 1 is 1.16 bits per heavy atom. The molecule has 9 heteroatoms. The number of amides is 1. The Labute approximate surface area is 182 Å². The predicted octanol–water partition coefficient (Wildman–Crippen LogP) is 3.59. The SMILES string of the molecule is CN=C(NCCCNC(=O)OC(C)(C)C)NCc1ccc(Oc2cccnc2)c(F)c1. The number of halogens is 1. The van der Waals surface area contributed by atoms with Gasteiger partial charge in [-0.05, 0) is 57.0 Å². The molecule has 8 nitrogen and oxygen atoms in total. The second-order valence-electron chi connectivity index (χ2n) is 7.69. The molecular formula is C22H30FN5O3. The van der Waals surface area contributed by atoms with Gasteiger partial charge in [0.15, 0.2) is 17.5 Å². The van der Waals surface area contributed by atoms with Crippen molar-refractivity contribution in [1.29, 1.82) is 0 Å². The molecule has 0 saturated heterocycles. The van der Waals surface area contributed by atoms with Gasteiger partial charge < -0.3 is 25.4 Å². The summed E-state index contributed by atoms with van der Waals surface area (Å²) in [5.41, 5.74) is 0.224. The van der Waals surface area contributed by atoms with E-state index in [1.54, 1.807) is 37.5 Å². The molecule has 0 unspecified atom stereocenters. The lowest BCUT2D eigenvalue weighted by Gasteiger charge is -2.19. The van der Waals surface area contributed by atoms with E-state index in [1.807, 2.05) is 20.8 Å². The van der Waals surface area contributed by atoms with Gasteiger partial charge in [-0.25, -0.2) is 9.18 Å². The standard InChI is InChI=1S/C22H30FN5O3/c1-22(2,3)31-21(29)27-12-6-11-26-20(24-4)28-14-16-8-9-19(18(23)13-16)30-17-7-5-10-25-15-17/h5,7-10,13,15H,6,11-12,14H2,1-4H3,(H,27,29)(H2,24,26,28). The smallest absolute Gasteiger partial charge is 0.407 e. The summed E-state index contributed by atoms with van der Waals surface area (Å²) in [6.07, 6.45) is 3.40. The lowest BCUT2D eigenvalue weighted by molar-refractivity contribution is 0.0527. The summed E-state index contributed by atoms with van der Waals surface area (Å²) in [7, 11) is 1.65. The maximum atomic E-state index is 14.3. The zero-order chi connectivity index (χ0) is 22.7. The summed E-state index contributed by atoms with van der Waals surface area (Å²) in [5.74, 6) is 0.724. The maximum absolute atomic E-state index is 14.3. The van der Waals surface area contributed by atoms with Crippen molar-refractivity contribution in [2.45, 2.75) is 39.3 Å². The van der Waals surface area contributed by atoms with Crippen molar-refractivity contribution in [1.82, 2.24) is 20.9 Å². The highest BCUT2D eigenvalue weighted by Crippen LogP contribution is 2.24. The van der Waals surface area contributed by atoms with Crippen LogP contribution in [-0.4, -0.2) is 42.8 Å². The molecule has 0 atom stereocenters. The van der Waals surface area contributed by atoms with Gasteiger partial charge in [-0.15, -0.1) is 0 Å². The minimum Gasteiger partial charge on any atom is -0.453 e. The third-order valence-corrected chi connectivity index (χ3v) is 3.86. The van der Waals surface area contributed by atoms with Gasteiger partial charge >= 0.3 is 6.09 Å². The number of nitrogens with zero attached hydrogens (tertiary/aromatic N) is 2. The summed E-state index contributed by atoms with van der Waals surface area (Å²) < 4.78 is 25.0. The van der Waals surface area contributed by atoms with Crippen LogP contribution in [0.2, 0.25) is 0 Å². The number of carbonyl (C=O) groups is 1. The number of pyridine rings is 1. The number of hydrogen-bond donors (Lipinski definition) is 3. The number of aromatic nitrogens is 1. The van der Waals surface area contributed by atoms with Gasteiger partial charge in [0.1, 0.15) is 11.4 Å². The number of hydrogen-bond acceptors (Lipinski definition) is 5. The van der Waals surface area contributed by atoms with Crippen LogP contribution in [0.3, 0.4) is 0 Å². The van der Waals surface area contributed by atoms with Crippen LogP contribution in [0.5, 0.6) is 11.5 Å². The number of alkyl carbamates (subject to hydrolysis) is 1. The van der Waals surface area contributed by atoms with E-state index in [0.717, 1.165) is 5.56 Å². The second-order valence-corrected chi connectivity index (χ2v) is 7.69. The van der Waals surface area contributed by atoms with E-state index in [0.29, 0.717) is 37.8 Å². The highest BCUT2D eigenvalue weighted by atomic mass is 19.1. The summed E-state index contributed by atoms with van der Waals surface area (Å²) in [6.45, 7) is 6.91. The van der Waals surface area contributed by atoms with Crippen LogP contribution < -0.4 is 20.7 Å². The Morgan fingerprint density at radius 3 is 2.58 bits per heavy atom. The van der Waals surface area contributed by atoms with Crippen LogP contribution in [0, 0.1) is 5.82 Å². The van der Waals surface area contributed by atoms with E-state index >= 15 is 0 Å². The Morgan fingerprint density at radius 2 is 1.94 bits per heavy atom. The molecule has 1 aromatic carbocycles. The fourth-order valence-corrected chi connectivity index (χ4v) is 2.48. The second kappa shape index (κ2) is 11.7. The molecule has 31 heavy (non-hydrogen) atoms. The minimum absolute atomic E-state index is 0.136.